The van der Waals surface area contributed by atoms with Gasteiger partial charge in [-0.05, 0) is 29.7 Å². The summed E-state index contributed by atoms with van der Waals surface area (Å²) < 4.78 is 2.18. The minimum atomic E-state index is 0. The predicted octanol–water partition coefficient (Wildman–Crippen LogP) is 5.99. The van der Waals surface area contributed by atoms with E-state index in [9.17, 15) is 0 Å². The molecule has 2 aromatic heterocycles. The van der Waals surface area contributed by atoms with E-state index in [0.717, 1.165) is 41.2 Å². The van der Waals surface area contributed by atoms with Crippen LogP contribution in [-0.2, 0) is 33.1 Å². The summed E-state index contributed by atoms with van der Waals surface area (Å²) in [5.41, 5.74) is 6.87. The molecule has 0 unspecified atom stereocenters. The molecule has 0 saturated carbocycles. The fraction of sp³-hybridized carbons (Fsp3) is 0.0690. The van der Waals surface area contributed by atoms with Crippen molar-refractivity contribution in [1.82, 2.24) is 14.5 Å². The third-order valence-electron chi connectivity index (χ3n) is 5.57. The van der Waals surface area contributed by atoms with Crippen molar-refractivity contribution in [2.75, 3.05) is 0 Å². The molecule has 3 heterocycles. The Bertz CT molecular complexity index is 1430. The number of fused-ring (bicyclic) bond motifs is 3. The second-order valence-electron chi connectivity index (χ2n) is 7.62. The van der Waals surface area contributed by atoms with Gasteiger partial charge < -0.3 is 4.57 Å². The summed E-state index contributed by atoms with van der Waals surface area (Å²) in [5.74, 6) is 1.06. The van der Waals surface area contributed by atoms with Crippen molar-refractivity contribution >= 4 is 0 Å². The average molecular weight is 617 g/mol. The van der Waals surface area contributed by atoms with Gasteiger partial charge in [0.1, 0.15) is 0 Å². The number of imidazole rings is 1. The van der Waals surface area contributed by atoms with Crippen LogP contribution in [0, 0.1) is 23.5 Å². The number of aryl methyl sites for hydroxylation is 2. The number of benzene rings is 3. The Morgan fingerprint density at radius 2 is 1.76 bits per heavy atom. The molecule has 167 valence electrons. The van der Waals surface area contributed by atoms with E-state index >= 15 is 0 Å². The molecule has 0 amide bonds. The van der Waals surface area contributed by atoms with Crippen LogP contribution in [0.15, 0.2) is 97.5 Å². The van der Waals surface area contributed by atoms with Gasteiger partial charge >= 0.3 is 0 Å². The molecule has 4 nitrogen and oxygen atoms in total. The number of nitrogens with zero attached hydrogens (tertiary/aromatic N) is 4. The average Bonchev–Trinajstić information content (AvgIpc) is 3.39. The molecular weight excluding hydrogens is 597 g/mol. The molecule has 1 aliphatic rings. The minimum Gasteiger partial charge on any atom is -0.371 e. The summed E-state index contributed by atoms with van der Waals surface area (Å²) in [4.78, 5) is 8.79. The van der Waals surface area contributed by atoms with Crippen molar-refractivity contribution in [1.29, 1.82) is 5.26 Å². The van der Waals surface area contributed by atoms with Crippen LogP contribution in [0.1, 0.15) is 11.1 Å². The second-order valence-corrected chi connectivity index (χ2v) is 7.62. The number of aromatic nitrogens is 3. The third kappa shape index (κ3) is 4.89. The Balaban J connectivity index is 0.000000169. The molecule has 34 heavy (non-hydrogen) atoms. The van der Waals surface area contributed by atoms with Crippen LogP contribution in [0.25, 0.3) is 33.8 Å². The fourth-order valence-corrected chi connectivity index (χ4v) is 3.99. The number of rotatable bonds is 2. The van der Waals surface area contributed by atoms with E-state index in [1.54, 1.807) is 12.3 Å². The topological polar surface area (TPSA) is 54.5 Å². The van der Waals surface area contributed by atoms with Gasteiger partial charge in [-0.25, -0.2) is 5.26 Å². The van der Waals surface area contributed by atoms with Crippen molar-refractivity contribution in [2.45, 2.75) is 13.0 Å². The van der Waals surface area contributed by atoms with E-state index in [1.807, 2.05) is 67.0 Å². The molecule has 5 aromatic rings. The SMILES string of the molecule is N#Cc1[c-]c(-c2ncccc2-c2ccccc2)ccc1.[Ir].[c-]1cccc2c1-c1nccn1CC2. The van der Waals surface area contributed by atoms with E-state index in [1.165, 1.54) is 11.1 Å². The minimum absolute atomic E-state index is 0. The van der Waals surface area contributed by atoms with E-state index < -0.39 is 0 Å². The van der Waals surface area contributed by atoms with Gasteiger partial charge in [0.15, 0.2) is 0 Å². The van der Waals surface area contributed by atoms with Crippen LogP contribution < -0.4 is 0 Å². The molecule has 0 spiro atoms. The molecule has 3 aromatic carbocycles. The Hall–Kier alpha value is -3.84. The van der Waals surface area contributed by atoms with Crippen molar-refractivity contribution in [3.63, 3.8) is 0 Å². The maximum Gasteiger partial charge on any atom is 0.0560 e. The van der Waals surface area contributed by atoms with E-state index in [-0.39, 0.29) is 20.1 Å². The molecule has 0 saturated heterocycles. The van der Waals surface area contributed by atoms with Crippen LogP contribution in [0.4, 0.5) is 0 Å². The van der Waals surface area contributed by atoms with Gasteiger partial charge in [0.25, 0.3) is 0 Å². The van der Waals surface area contributed by atoms with Gasteiger partial charge in [-0.1, -0.05) is 47.5 Å². The van der Waals surface area contributed by atoms with E-state index in [2.05, 4.69) is 50.9 Å². The van der Waals surface area contributed by atoms with E-state index in [4.69, 9.17) is 5.26 Å². The maximum absolute atomic E-state index is 8.99. The summed E-state index contributed by atoms with van der Waals surface area (Å²) in [6, 6.07) is 34.2. The second kappa shape index (κ2) is 10.9. The largest absolute Gasteiger partial charge is 0.371 e. The zero-order valence-corrected chi connectivity index (χ0v) is 20.7. The first kappa shape index (κ1) is 23.3. The van der Waals surface area contributed by atoms with Crippen molar-refractivity contribution < 1.29 is 20.1 Å². The first-order valence-electron chi connectivity index (χ1n) is 10.8. The monoisotopic (exact) mass is 617 g/mol. The molecule has 0 atom stereocenters. The third-order valence-corrected chi connectivity index (χ3v) is 5.57. The summed E-state index contributed by atoms with van der Waals surface area (Å²) in [6.07, 6.45) is 6.73. The zero-order valence-electron chi connectivity index (χ0n) is 18.3. The molecule has 0 bridgehead atoms. The van der Waals surface area contributed by atoms with Crippen molar-refractivity contribution in [3.8, 4) is 39.8 Å². The first-order chi connectivity index (χ1) is 16.3. The predicted molar refractivity (Wildman–Crippen MR) is 129 cm³/mol. The van der Waals surface area contributed by atoms with Crippen LogP contribution in [-0.4, -0.2) is 14.5 Å². The van der Waals surface area contributed by atoms with Crippen molar-refractivity contribution in [2.24, 2.45) is 0 Å². The molecular formula is C29H20IrN4-2. The quantitative estimate of drug-likeness (QED) is 0.229. The summed E-state index contributed by atoms with van der Waals surface area (Å²) in [6.45, 7) is 1.04. The Morgan fingerprint density at radius 1 is 0.882 bits per heavy atom. The Kier molecular flexibility index (Phi) is 7.44. The number of hydrogen-bond acceptors (Lipinski definition) is 3. The molecule has 0 aliphatic carbocycles. The van der Waals surface area contributed by atoms with Gasteiger partial charge in [0.05, 0.1) is 5.82 Å². The molecule has 6 rings (SSSR count). The van der Waals surface area contributed by atoms with Crippen LogP contribution >= 0.6 is 0 Å². The van der Waals surface area contributed by atoms with Crippen LogP contribution in [0.2, 0.25) is 0 Å². The van der Waals surface area contributed by atoms with Crippen LogP contribution in [0.5, 0.6) is 0 Å². The summed E-state index contributed by atoms with van der Waals surface area (Å²) in [7, 11) is 0. The van der Waals surface area contributed by atoms with Crippen molar-refractivity contribution in [3.05, 3.63) is 121 Å². The molecule has 1 radical (unpaired) electrons. The van der Waals surface area contributed by atoms with Crippen LogP contribution in [0.3, 0.4) is 0 Å². The van der Waals surface area contributed by atoms with Gasteiger partial charge in [-0.2, -0.15) is 0 Å². The molecule has 0 fully saturated rings. The maximum atomic E-state index is 8.99. The van der Waals surface area contributed by atoms with Gasteiger partial charge in [0, 0.05) is 50.9 Å². The number of nitriles is 1. The normalized spacial score (nSPS) is 11.0. The Labute approximate surface area is 212 Å². The zero-order chi connectivity index (χ0) is 22.5. The first-order valence-corrected chi connectivity index (χ1v) is 10.8. The van der Waals surface area contributed by atoms with E-state index in [0.29, 0.717) is 5.56 Å². The summed E-state index contributed by atoms with van der Waals surface area (Å²) in [5, 5.41) is 8.99. The molecule has 0 N–H and O–H groups in total. The van der Waals surface area contributed by atoms with Gasteiger partial charge in [0.2, 0.25) is 0 Å². The number of pyridine rings is 1. The standard InChI is InChI=1S/C18H11N2.C11H9N2.Ir/c19-13-14-6-4-9-16(12-14)18-17(10-5-11-20-18)15-7-2-1-3-8-15;1-2-4-10-9(3-1)5-7-13-8-6-12-11(10)13;/h1-11H;1-3,6,8H,5,7H2;/q2*-1;. The summed E-state index contributed by atoms with van der Waals surface area (Å²) >= 11 is 0. The molecule has 1 aliphatic heterocycles. The smallest absolute Gasteiger partial charge is 0.0560 e. The molecule has 5 heteroatoms. The van der Waals surface area contributed by atoms with Gasteiger partial charge in [-0.15, -0.1) is 59.7 Å². The fourth-order valence-electron chi connectivity index (χ4n) is 3.99. The van der Waals surface area contributed by atoms with Gasteiger partial charge in [-0.3, -0.25) is 9.97 Å². The Morgan fingerprint density at radius 3 is 2.62 bits per heavy atom. The number of hydrogen-bond donors (Lipinski definition) is 0.